The van der Waals surface area contributed by atoms with Crippen LogP contribution in [0.1, 0.15) is 38.7 Å². The molecule has 0 saturated carbocycles. The zero-order valence-electron chi connectivity index (χ0n) is 10.7. The highest BCUT2D eigenvalue weighted by atomic mass is 35.5. The second-order valence-corrected chi connectivity index (χ2v) is 5.39. The Bertz CT molecular complexity index is 326. The molecule has 1 unspecified atom stereocenters. The van der Waals surface area contributed by atoms with Gasteiger partial charge in [-0.05, 0) is 30.4 Å². The minimum absolute atomic E-state index is 0.314. The van der Waals surface area contributed by atoms with Crippen molar-refractivity contribution in [3.05, 3.63) is 34.9 Å². The van der Waals surface area contributed by atoms with E-state index in [1.165, 1.54) is 18.4 Å². The fourth-order valence-corrected chi connectivity index (χ4v) is 2.16. The summed E-state index contributed by atoms with van der Waals surface area (Å²) in [5.74, 6) is 6.35. The zero-order valence-corrected chi connectivity index (χ0v) is 11.5. The van der Waals surface area contributed by atoms with E-state index in [4.69, 9.17) is 17.4 Å². The van der Waals surface area contributed by atoms with Gasteiger partial charge in [-0.2, -0.15) is 0 Å². The molecule has 17 heavy (non-hydrogen) atoms. The number of nitrogens with one attached hydrogen (secondary N) is 1. The normalized spacial score (nSPS) is 13.0. The van der Waals surface area contributed by atoms with Crippen LogP contribution in [-0.4, -0.2) is 6.04 Å². The Morgan fingerprint density at radius 3 is 2.53 bits per heavy atom. The molecule has 1 atom stereocenters. The van der Waals surface area contributed by atoms with E-state index < -0.39 is 0 Å². The van der Waals surface area contributed by atoms with Gasteiger partial charge in [0.05, 0.1) is 0 Å². The number of rotatable bonds is 7. The lowest BCUT2D eigenvalue weighted by Gasteiger charge is -2.17. The molecule has 1 rings (SSSR count). The van der Waals surface area contributed by atoms with Crippen LogP contribution in [0.3, 0.4) is 0 Å². The first-order valence-electron chi connectivity index (χ1n) is 6.33. The van der Waals surface area contributed by atoms with Crippen molar-refractivity contribution in [3.8, 4) is 0 Å². The summed E-state index contributed by atoms with van der Waals surface area (Å²) < 4.78 is 0. The highest BCUT2D eigenvalue weighted by Gasteiger charge is 2.10. The van der Waals surface area contributed by atoms with Crippen LogP contribution in [0.25, 0.3) is 0 Å². The number of hydrogen-bond acceptors (Lipinski definition) is 2. The lowest BCUT2D eigenvalue weighted by molar-refractivity contribution is 0.441. The molecule has 3 heteroatoms. The molecule has 0 saturated heterocycles. The van der Waals surface area contributed by atoms with Gasteiger partial charge in [-0.15, -0.1) is 0 Å². The van der Waals surface area contributed by atoms with Crippen molar-refractivity contribution in [1.29, 1.82) is 0 Å². The highest BCUT2D eigenvalue weighted by molar-refractivity contribution is 6.31. The first-order valence-corrected chi connectivity index (χ1v) is 6.70. The van der Waals surface area contributed by atoms with E-state index in [-0.39, 0.29) is 0 Å². The molecule has 0 radical (unpaired) electrons. The van der Waals surface area contributed by atoms with Crippen LogP contribution >= 0.6 is 11.6 Å². The molecule has 96 valence electrons. The van der Waals surface area contributed by atoms with Gasteiger partial charge < -0.3 is 0 Å². The molecule has 0 aliphatic rings. The van der Waals surface area contributed by atoms with E-state index in [0.717, 1.165) is 23.8 Å². The minimum Gasteiger partial charge on any atom is -0.271 e. The molecule has 0 spiro atoms. The fraction of sp³-hybridized carbons (Fsp3) is 0.571. The maximum Gasteiger partial charge on any atom is 0.0438 e. The van der Waals surface area contributed by atoms with E-state index in [2.05, 4.69) is 25.3 Å². The van der Waals surface area contributed by atoms with Gasteiger partial charge in [-0.1, -0.05) is 56.5 Å². The van der Waals surface area contributed by atoms with E-state index in [9.17, 15) is 0 Å². The summed E-state index contributed by atoms with van der Waals surface area (Å²) in [6, 6.07) is 8.28. The van der Waals surface area contributed by atoms with Crippen molar-refractivity contribution in [3.63, 3.8) is 0 Å². The highest BCUT2D eigenvalue weighted by Crippen LogP contribution is 2.18. The lowest BCUT2D eigenvalue weighted by atomic mass is 9.98. The van der Waals surface area contributed by atoms with Crippen LogP contribution in [0.4, 0.5) is 0 Å². The molecular weight excluding hydrogens is 232 g/mol. The number of hydrazine groups is 1. The Morgan fingerprint density at radius 1 is 1.24 bits per heavy atom. The maximum absolute atomic E-state index is 6.14. The largest absolute Gasteiger partial charge is 0.271 e. The first-order chi connectivity index (χ1) is 8.13. The third-order valence-corrected chi connectivity index (χ3v) is 3.36. The standard InChI is InChI=1S/C14H23ClN2/c1-11(2)6-5-8-13(17-16)10-12-7-3-4-9-14(12)15/h3-4,7,9,11,13,17H,5-6,8,10,16H2,1-2H3. The second-order valence-electron chi connectivity index (χ2n) is 4.98. The third-order valence-electron chi connectivity index (χ3n) is 2.99. The van der Waals surface area contributed by atoms with Gasteiger partial charge in [0, 0.05) is 11.1 Å². The number of benzene rings is 1. The molecule has 0 aliphatic carbocycles. The molecule has 1 aromatic carbocycles. The average molecular weight is 255 g/mol. The van der Waals surface area contributed by atoms with Gasteiger partial charge in [0.1, 0.15) is 0 Å². The fourth-order valence-electron chi connectivity index (χ4n) is 1.95. The molecule has 0 fully saturated rings. The van der Waals surface area contributed by atoms with Gasteiger partial charge in [0.25, 0.3) is 0 Å². The van der Waals surface area contributed by atoms with Crippen molar-refractivity contribution in [2.24, 2.45) is 11.8 Å². The van der Waals surface area contributed by atoms with Crippen molar-refractivity contribution in [1.82, 2.24) is 5.43 Å². The zero-order chi connectivity index (χ0) is 12.7. The smallest absolute Gasteiger partial charge is 0.0438 e. The third kappa shape index (κ3) is 5.53. The first kappa shape index (κ1) is 14.5. The number of halogens is 1. The molecule has 1 aromatic rings. The van der Waals surface area contributed by atoms with Gasteiger partial charge in [0.2, 0.25) is 0 Å². The Kier molecular flexibility index (Phi) is 6.56. The molecule has 2 nitrogen and oxygen atoms in total. The Labute approximate surface area is 110 Å². The van der Waals surface area contributed by atoms with E-state index >= 15 is 0 Å². The van der Waals surface area contributed by atoms with Crippen molar-refractivity contribution < 1.29 is 0 Å². The van der Waals surface area contributed by atoms with Crippen LogP contribution in [0, 0.1) is 5.92 Å². The lowest BCUT2D eigenvalue weighted by Crippen LogP contribution is -2.36. The number of hydrogen-bond donors (Lipinski definition) is 2. The molecule has 0 bridgehead atoms. The van der Waals surface area contributed by atoms with Crippen molar-refractivity contribution >= 4 is 11.6 Å². The topological polar surface area (TPSA) is 38.0 Å². The molecule has 0 aliphatic heterocycles. The van der Waals surface area contributed by atoms with Crippen LogP contribution < -0.4 is 11.3 Å². The summed E-state index contributed by atoms with van der Waals surface area (Å²) in [6.07, 6.45) is 4.45. The molecular formula is C14H23ClN2. The molecule has 0 amide bonds. The van der Waals surface area contributed by atoms with Crippen LogP contribution in [-0.2, 0) is 6.42 Å². The van der Waals surface area contributed by atoms with Gasteiger partial charge in [0.15, 0.2) is 0 Å². The summed E-state index contributed by atoms with van der Waals surface area (Å²) in [5, 5.41) is 0.830. The predicted octanol–water partition coefficient (Wildman–Crippen LogP) is 3.54. The quantitative estimate of drug-likeness (QED) is 0.577. The van der Waals surface area contributed by atoms with E-state index in [1.54, 1.807) is 0 Å². The minimum atomic E-state index is 0.314. The Balaban J connectivity index is 2.44. The molecule has 3 N–H and O–H groups in total. The van der Waals surface area contributed by atoms with Crippen LogP contribution in [0.5, 0.6) is 0 Å². The summed E-state index contributed by atoms with van der Waals surface area (Å²) >= 11 is 6.14. The van der Waals surface area contributed by atoms with Gasteiger partial charge in [-0.25, -0.2) is 0 Å². The Hall–Kier alpha value is -0.570. The second kappa shape index (κ2) is 7.70. The predicted molar refractivity (Wildman–Crippen MR) is 75.0 cm³/mol. The van der Waals surface area contributed by atoms with E-state index in [1.807, 2.05) is 18.2 Å². The van der Waals surface area contributed by atoms with Gasteiger partial charge in [-0.3, -0.25) is 11.3 Å². The number of nitrogens with two attached hydrogens (primary N) is 1. The summed E-state index contributed by atoms with van der Waals surface area (Å²) in [7, 11) is 0. The monoisotopic (exact) mass is 254 g/mol. The maximum atomic E-state index is 6.14. The van der Waals surface area contributed by atoms with Crippen LogP contribution in [0.15, 0.2) is 24.3 Å². The summed E-state index contributed by atoms with van der Waals surface area (Å²) in [6.45, 7) is 4.50. The van der Waals surface area contributed by atoms with Gasteiger partial charge >= 0.3 is 0 Å². The summed E-state index contributed by atoms with van der Waals surface area (Å²) in [5.41, 5.74) is 4.06. The average Bonchev–Trinajstić information content (AvgIpc) is 2.30. The van der Waals surface area contributed by atoms with Crippen molar-refractivity contribution in [2.45, 2.75) is 45.6 Å². The van der Waals surface area contributed by atoms with Crippen molar-refractivity contribution in [2.75, 3.05) is 0 Å². The summed E-state index contributed by atoms with van der Waals surface area (Å²) in [4.78, 5) is 0. The molecule has 0 heterocycles. The van der Waals surface area contributed by atoms with Crippen LogP contribution in [0.2, 0.25) is 5.02 Å². The SMILES string of the molecule is CC(C)CCCC(Cc1ccccc1Cl)NN. The molecule has 0 aromatic heterocycles. The Morgan fingerprint density at radius 2 is 1.94 bits per heavy atom. The van der Waals surface area contributed by atoms with E-state index in [0.29, 0.717) is 6.04 Å².